The van der Waals surface area contributed by atoms with E-state index in [2.05, 4.69) is 37.6 Å². The molecule has 0 spiro atoms. The Morgan fingerprint density at radius 3 is 2.39 bits per heavy atom. The van der Waals surface area contributed by atoms with E-state index >= 15 is 0 Å². The summed E-state index contributed by atoms with van der Waals surface area (Å²) in [5.41, 5.74) is 7.65. The van der Waals surface area contributed by atoms with E-state index in [1.54, 1.807) is 0 Å². The SMILES string of the molecule is Cc1ccc(C(N)=S)c(N(CC(C)C)C(C)C)n1. The fourth-order valence-corrected chi connectivity index (χ4v) is 2.05. The van der Waals surface area contributed by atoms with Crippen LogP contribution in [-0.4, -0.2) is 22.6 Å². The molecule has 0 saturated heterocycles. The van der Waals surface area contributed by atoms with Crippen molar-refractivity contribution in [2.75, 3.05) is 11.4 Å². The van der Waals surface area contributed by atoms with E-state index in [1.807, 2.05) is 19.1 Å². The van der Waals surface area contributed by atoms with Gasteiger partial charge in [-0.15, -0.1) is 0 Å². The molecule has 18 heavy (non-hydrogen) atoms. The first-order valence-corrected chi connectivity index (χ1v) is 6.77. The quantitative estimate of drug-likeness (QED) is 0.831. The molecule has 3 nitrogen and oxygen atoms in total. The van der Waals surface area contributed by atoms with Gasteiger partial charge in [0.05, 0.1) is 5.56 Å². The predicted molar refractivity (Wildman–Crippen MR) is 82.2 cm³/mol. The topological polar surface area (TPSA) is 42.1 Å². The van der Waals surface area contributed by atoms with Crippen molar-refractivity contribution < 1.29 is 0 Å². The van der Waals surface area contributed by atoms with Crippen molar-refractivity contribution in [3.05, 3.63) is 23.4 Å². The molecule has 0 aliphatic heterocycles. The molecule has 4 heteroatoms. The third kappa shape index (κ3) is 3.67. The van der Waals surface area contributed by atoms with Crippen molar-refractivity contribution in [2.45, 2.75) is 40.7 Å². The lowest BCUT2D eigenvalue weighted by molar-refractivity contribution is 0.565. The molecule has 1 aromatic rings. The standard InChI is InChI=1S/C14H23N3S/c1-9(2)8-17(10(3)4)14-12(13(15)18)7-6-11(5)16-14/h6-7,9-10H,8H2,1-5H3,(H2,15,18). The molecule has 0 saturated carbocycles. The van der Waals surface area contributed by atoms with Crippen LogP contribution >= 0.6 is 12.2 Å². The Balaban J connectivity index is 3.25. The molecule has 0 unspecified atom stereocenters. The van der Waals surface area contributed by atoms with E-state index in [9.17, 15) is 0 Å². The van der Waals surface area contributed by atoms with Gasteiger partial charge in [0.2, 0.25) is 0 Å². The van der Waals surface area contributed by atoms with Crippen LogP contribution in [-0.2, 0) is 0 Å². The number of rotatable bonds is 5. The molecule has 0 bridgehead atoms. The molecule has 1 heterocycles. The number of aromatic nitrogens is 1. The van der Waals surface area contributed by atoms with E-state index in [-0.39, 0.29) is 0 Å². The molecule has 0 aliphatic carbocycles. The third-order valence-corrected chi connectivity index (χ3v) is 2.96. The van der Waals surface area contributed by atoms with Gasteiger partial charge in [-0.3, -0.25) is 0 Å². The second-order valence-electron chi connectivity index (χ2n) is 5.33. The van der Waals surface area contributed by atoms with Gasteiger partial charge in [-0.05, 0) is 38.8 Å². The third-order valence-electron chi connectivity index (χ3n) is 2.74. The highest BCUT2D eigenvalue weighted by molar-refractivity contribution is 7.80. The van der Waals surface area contributed by atoms with Gasteiger partial charge < -0.3 is 10.6 Å². The second kappa shape index (κ2) is 6.14. The number of nitrogens with two attached hydrogens (primary N) is 1. The zero-order chi connectivity index (χ0) is 13.9. The van der Waals surface area contributed by atoms with Gasteiger partial charge in [0.25, 0.3) is 0 Å². The van der Waals surface area contributed by atoms with E-state index in [0.29, 0.717) is 16.9 Å². The van der Waals surface area contributed by atoms with Crippen LogP contribution in [0.5, 0.6) is 0 Å². The number of anilines is 1. The summed E-state index contributed by atoms with van der Waals surface area (Å²) in [5, 5.41) is 0. The van der Waals surface area contributed by atoms with Crippen LogP contribution in [0.3, 0.4) is 0 Å². The Morgan fingerprint density at radius 1 is 1.33 bits per heavy atom. The molecule has 100 valence electrons. The fraction of sp³-hybridized carbons (Fsp3) is 0.571. The Morgan fingerprint density at radius 2 is 1.94 bits per heavy atom. The Labute approximate surface area is 115 Å². The van der Waals surface area contributed by atoms with Crippen LogP contribution in [0.4, 0.5) is 5.82 Å². The van der Waals surface area contributed by atoms with Gasteiger partial charge in [0.15, 0.2) is 0 Å². The average molecular weight is 265 g/mol. The minimum absolute atomic E-state index is 0.370. The van der Waals surface area contributed by atoms with Gasteiger partial charge >= 0.3 is 0 Å². The van der Waals surface area contributed by atoms with Gasteiger partial charge in [0.1, 0.15) is 10.8 Å². The van der Waals surface area contributed by atoms with Crippen molar-refractivity contribution in [3.63, 3.8) is 0 Å². The zero-order valence-corrected chi connectivity index (χ0v) is 12.7. The summed E-state index contributed by atoms with van der Waals surface area (Å²) in [4.78, 5) is 7.31. The summed E-state index contributed by atoms with van der Waals surface area (Å²) < 4.78 is 0. The van der Waals surface area contributed by atoms with Crippen LogP contribution in [0.15, 0.2) is 12.1 Å². The Hall–Kier alpha value is -1.16. The van der Waals surface area contributed by atoms with Gasteiger partial charge in [-0.1, -0.05) is 26.1 Å². The second-order valence-corrected chi connectivity index (χ2v) is 5.77. The van der Waals surface area contributed by atoms with Gasteiger partial charge in [-0.25, -0.2) is 4.98 Å². The smallest absolute Gasteiger partial charge is 0.139 e. The summed E-state index contributed by atoms with van der Waals surface area (Å²) in [7, 11) is 0. The molecule has 1 rings (SSSR count). The van der Waals surface area contributed by atoms with Gasteiger partial charge in [-0.2, -0.15) is 0 Å². The lowest BCUT2D eigenvalue weighted by atomic mass is 10.1. The first-order chi connectivity index (χ1) is 8.32. The predicted octanol–water partition coefficient (Wildman–Crippen LogP) is 2.90. The number of pyridine rings is 1. The molecule has 0 aromatic carbocycles. The normalized spacial score (nSPS) is 11.1. The maximum Gasteiger partial charge on any atom is 0.139 e. The minimum atomic E-state index is 0.370. The average Bonchev–Trinajstić information content (AvgIpc) is 2.24. The lowest BCUT2D eigenvalue weighted by Gasteiger charge is -2.31. The first-order valence-electron chi connectivity index (χ1n) is 6.37. The maximum atomic E-state index is 5.80. The number of thiocarbonyl (C=S) groups is 1. The van der Waals surface area contributed by atoms with Crippen molar-refractivity contribution in [3.8, 4) is 0 Å². The Kier molecular flexibility index (Phi) is 5.08. The summed E-state index contributed by atoms with van der Waals surface area (Å²) in [6.45, 7) is 11.7. The van der Waals surface area contributed by atoms with E-state index < -0.39 is 0 Å². The van der Waals surface area contributed by atoms with Crippen LogP contribution in [0.1, 0.15) is 39.0 Å². The minimum Gasteiger partial charge on any atom is -0.389 e. The van der Waals surface area contributed by atoms with Crippen LogP contribution in [0.25, 0.3) is 0 Å². The molecule has 0 fully saturated rings. The number of nitrogens with zero attached hydrogens (tertiary/aromatic N) is 2. The van der Waals surface area contributed by atoms with Crippen LogP contribution < -0.4 is 10.6 Å². The molecule has 0 aliphatic rings. The molecule has 2 N–H and O–H groups in total. The number of aryl methyl sites for hydroxylation is 1. The largest absolute Gasteiger partial charge is 0.389 e. The molecule has 0 atom stereocenters. The number of hydrogen-bond acceptors (Lipinski definition) is 3. The van der Waals surface area contributed by atoms with Crippen molar-refractivity contribution in [1.29, 1.82) is 0 Å². The molecular weight excluding hydrogens is 242 g/mol. The van der Waals surface area contributed by atoms with Crippen molar-refractivity contribution in [1.82, 2.24) is 4.98 Å². The lowest BCUT2D eigenvalue weighted by Crippen LogP contribution is -2.36. The summed E-state index contributed by atoms with van der Waals surface area (Å²) in [6.07, 6.45) is 0. The maximum absolute atomic E-state index is 5.80. The highest BCUT2D eigenvalue weighted by atomic mass is 32.1. The molecule has 1 aromatic heterocycles. The fourth-order valence-electron chi connectivity index (χ4n) is 1.89. The Bertz CT molecular complexity index is 427. The van der Waals surface area contributed by atoms with Gasteiger partial charge in [0, 0.05) is 18.3 Å². The zero-order valence-electron chi connectivity index (χ0n) is 11.9. The summed E-state index contributed by atoms with van der Waals surface area (Å²) >= 11 is 5.12. The van der Waals surface area contributed by atoms with E-state index in [4.69, 9.17) is 18.0 Å². The van der Waals surface area contributed by atoms with Crippen LogP contribution in [0, 0.1) is 12.8 Å². The molecule has 0 amide bonds. The molecule has 0 radical (unpaired) electrons. The van der Waals surface area contributed by atoms with Crippen molar-refractivity contribution >= 4 is 23.0 Å². The van der Waals surface area contributed by atoms with E-state index in [1.165, 1.54) is 0 Å². The first kappa shape index (κ1) is 14.9. The summed E-state index contributed by atoms with van der Waals surface area (Å²) in [5.74, 6) is 1.47. The monoisotopic (exact) mass is 265 g/mol. The molecular formula is C14H23N3S. The highest BCUT2D eigenvalue weighted by Gasteiger charge is 2.18. The highest BCUT2D eigenvalue weighted by Crippen LogP contribution is 2.22. The number of hydrogen-bond donors (Lipinski definition) is 1. The summed E-state index contributed by atoms with van der Waals surface area (Å²) in [6, 6.07) is 4.29. The van der Waals surface area contributed by atoms with Crippen molar-refractivity contribution in [2.24, 2.45) is 11.7 Å². The van der Waals surface area contributed by atoms with Crippen LogP contribution in [0.2, 0.25) is 0 Å². The van der Waals surface area contributed by atoms with E-state index in [0.717, 1.165) is 23.6 Å².